The van der Waals surface area contributed by atoms with Gasteiger partial charge in [0, 0.05) is 12.2 Å². The number of ether oxygens (including phenoxy) is 2. The van der Waals surface area contributed by atoms with Gasteiger partial charge >= 0.3 is 12.3 Å². The van der Waals surface area contributed by atoms with Crippen LogP contribution < -0.4 is 5.73 Å². The Morgan fingerprint density at radius 2 is 2.05 bits per heavy atom. The number of nitrogens with zero attached hydrogens (tertiary/aromatic N) is 1. The molecule has 0 saturated carbocycles. The molecule has 0 spiro atoms. The van der Waals surface area contributed by atoms with Crippen molar-refractivity contribution in [2.24, 2.45) is 0 Å². The molecule has 8 heteroatoms. The molecule has 0 saturated heterocycles. The summed E-state index contributed by atoms with van der Waals surface area (Å²) in [4.78, 5) is 11.7. The van der Waals surface area contributed by atoms with Crippen LogP contribution in [0, 0.1) is 0 Å². The lowest BCUT2D eigenvalue weighted by molar-refractivity contribution is -0.326. The van der Waals surface area contributed by atoms with Gasteiger partial charge < -0.3 is 15.0 Å². The van der Waals surface area contributed by atoms with E-state index in [2.05, 4.69) is 9.47 Å². The average Bonchev–Trinajstić information content (AvgIpc) is 2.65. The Hall–Kier alpha value is -1.70. The van der Waals surface area contributed by atoms with Crippen LogP contribution >= 0.6 is 0 Å². The number of carbonyl (C=O) groups excluding carboxylic acids is 1. The summed E-state index contributed by atoms with van der Waals surface area (Å²) in [5.74, 6) is -0.740. The lowest BCUT2D eigenvalue weighted by Gasteiger charge is -2.12. The third kappa shape index (κ3) is 4.82. The summed E-state index contributed by atoms with van der Waals surface area (Å²) in [6.07, 6.45) is -3.16. The highest BCUT2D eigenvalue weighted by atomic mass is 19.4. The van der Waals surface area contributed by atoms with E-state index in [-0.39, 0.29) is 11.7 Å². The molecule has 0 atom stereocenters. The van der Waals surface area contributed by atoms with E-state index >= 15 is 0 Å². The Kier molecular flexibility index (Phi) is 4.82. The molecule has 0 amide bonds. The number of halogens is 3. The molecule has 0 bridgehead atoms. The van der Waals surface area contributed by atoms with Crippen molar-refractivity contribution in [1.82, 2.24) is 4.57 Å². The molecule has 0 fully saturated rings. The van der Waals surface area contributed by atoms with Crippen LogP contribution in [-0.4, -0.2) is 30.1 Å². The van der Waals surface area contributed by atoms with Gasteiger partial charge in [0.05, 0.1) is 12.3 Å². The molecule has 0 unspecified atom stereocenters. The van der Waals surface area contributed by atoms with Gasteiger partial charge in [0.2, 0.25) is 0 Å². The number of carbonyl (C=O) groups is 1. The van der Waals surface area contributed by atoms with E-state index in [0.29, 0.717) is 5.69 Å². The van der Waals surface area contributed by atoms with Gasteiger partial charge in [-0.1, -0.05) is 0 Å². The van der Waals surface area contributed by atoms with Crippen LogP contribution in [0.4, 0.5) is 18.9 Å². The Bertz CT molecular complexity index is 441. The fourth-order valence-electron chi connectivity index (χ4n) is 1.46. The minimum atomic E-state index is -4.73. The molecule has 0 aliphatic rings. The lowest BCUT2D eigenvalue weighted by Crippen LogP contribution is -2.20. The molecule has 1 aromatic rings. The first-order valence-corrected chi connectivity index (χ1v) is 5.56. The van der Waals surface area contributed by atoms with Crippen LogP contribution in [0.1, 0.15) is 30.4 Å². The first kappa shape index (κ1) is 15.4. The molecule has 0 aromatic carbocycles. The average molecular weight is 280 g/mol. The predicted molar refractivity (Wildman–Crippen MR) is 61.5 cm³/mol. The summed E-state index contributed by atoms with van der Waals surface area (Å²) in [5.41, 5.74) is 6.14. The van der Waals surface area contributed by atoms with Gasteiger partial charge in [0.1, 0.15) is 12.3 Å². The Morgan fingerprint density at radius 1 is 1.42 bits per heavy atom. The number of hydrogen-bond donors (Lipinski definition) is 1. The Balaban J connectivity index is 2.54. The third-order valence-electron chi connectivity index (χ3n) is 2.22. The number of anilines is 1. The zero-order valence-corrected chi connectivity index (χ0v) is 10.5. The molecule has 2 N–H and O–H groups in total. The van der Waals surface area contributed by atoms with E-state index in [1.807, 2.05) is 13.8 Å². The van der Waals surface area contributed by atoms with Gasteiger partial charge in [-0.15, -0.1) is 13.2 Å². The number of hydrogen-bond acceptors (Lipinski definition) is 4. The third-order valence-corrected chi connectivity index (χ3v) is 2.22. The van der Waals surface area contributed by atoms with E-state index < -0.39 is 25.5 Å². The molecule has 1 heterocycles. The van der Waals surface area contributed by atoms with Gasteiger partial charge in [0.15, 0.2) is 0 Å². The number of nitrogens with two attached hydrogens (primary N) is 1. The Morgan fingerprint density at radius 3 is 2.58 bits per heavy atom. The summed E-state index contributed by atoms with van der Waals surface area (Å²) < 4.78 is 44.8. The molecule has 108 valence electrons. The summed E-state index contributed by atoms with van der Waals surface area (Å²) in [6, 6.07) is 1.39. The molecule has 0 aliphatic heterocycles. The molecular weight excluding hydrogens is 265 g/mol. The van der Waals surface area contributed by atoms with E-state index in [9.17, 15) is 18.0 Å². The molecule has 0 aliphatic carbocycles. The molecule has 19 heavy (non-hydrogen) atoms. The topological polar surface area (TPSA) is 66.5 Å². The number of nitrogen functional groups attached to an aromatic ring is 1. The highest BCUT2D eigenvalue weighted by Crippen LogP contribution is 2.18. The number of alkyl halides is 3. The minimum absolute atomic E-state index is 0.0220. The fraction of sp³-hybridized carbons (Fsp3) is 0.545. The van der Waals surface area contributed by atoms with Crippen molar-refractivity contribution in [3.8, 4) is 0 Å². The zero-order chi connectivity index (χ0) is 14.6. The van der Waals surface area contributed by atoms with Gasteiger partial charge in [-0.2, -0.15) is 0 Å². The van der Waals surface area contributed by atoms with Crippen LogP contribution in [0.2, 0.25) is 0 Å². The minimum Gasteiger partial charge on any atom is -0.459 e. The van der Waals surface area contributed by atoms with Crippen molar-refractivity contribution in [1.29, 1.82) is 0 Å². The van der Waals surface area contributed by atoms with Crippen molar-refractivity contribution in [3.05, 3.63) is 18.0 Å². The van der Waals surface area contributed by atoms with Gasteiger partial charge in [-0.05, 0) is 19.9 Å². The first-order chi connectivity index (χ1) is 8.70. The SMILES string of the molecule is CC(C)n1cc(N)cc1C(=O)OCCOC(F)(F)F. The van der Waals surface area contributed by atoms with Crippen LogP contribution in [-0.2, 0) is 9.47 Å². The second-order valence-corrected chi connectivity index (χ2v) is 4.09. The fourth-order valence-corrected chi connectivity index (χ4v) is 1.46. The second kappa shape index (κ2) is 5.96. The van der Waals surface area contributed by atoms with Crippen molar-refractivity contribution in [2.45, 2.75) is 26.3 Å². The molecule has 1 rings (SSSR count). The van der Waals surface area contributed by atoms with E-state index in [1.165, 1.54) is 6.07 Å². The van der Waals surface area contributed by atoms with Crippen molar-refractivity contribution in [3.63, 3.8) is 0 Å². The van der Waals surface area contributed by atoms with Crippen molar-refractivity contribution in [2.75, 3.05) is 18.9 Å². The quantitative estimate of drug-likeness (QED) is 0.664. The lowest BCUT2D eigenvalue weighted by atomic mass is 10.3. The highest BCUT2D eigenvalue weighted by Gasteiger charge is 2.29. The van der Waals surface area contributed by atoms with Crippen LogP contribution in [0.25, 0.3) is 0 Å². The summed E-state index contributed by atoms with van der Waals surface area (Å²) in [5, 5.41) is 0. The summed E-state index contributed by atoms with van der Waals surface area (Å²) >= 11 is 0. The van der Waals surface area contributed by atoms with E-state index in [0.717, 1.165) is 0 Å². The maximum atomic E-state index is 11.7. The standard InChI is InChI=1S/C11H15F3N2O3/c1-7(2)16-6-8(15)5-9(16)10(17)18-3-4-19-11(12,13)14/h5-7H,3-4,15H2,1-2H3. The predicted octanol–water partition coefficient (Wildman–Crippen LogP) is 2.34. The number of rotatable bonds is 5. The molecule has 1 aromatic heterocycles. The van der Waals surface area contributed by atoms with Crippen LogP contribution in [0.5, 0.6) is 0 Å². The van der Waals surface area contributed by atoms with Gasteiger partial charge in [0.25, 0.3) is 0 Å². The van der Waals surface area contributed by atoms with E-state index in [1.54, 1.807) is 10.8 Å². The largest absolute Gasteiger partial charge is 0.522 e. The number of esters is 1. The Labute approximate surface area is 108 Å². The summed E-state index contributed by atoms with van der Waals surface area (Å²) in [7, 11) is 0. The smallest absolute Gasteiger partial charge is 0.459 e. The van der Waals surface area contributed by atoms with Crippen molar-refractivity contribution >= 4 is 11.7 Å². The molecular formula is C11H15F3N2O3. The van der Waals surface area contributed by atoms with Crippen LogP contribution in [0.15, 0.2) is 12.3 Å². The highest BCUT2D eigenvalue weighted by molar-refractivity contribution is 5.89. The van der Waals surface area contributed by atoms with Gasteiger partial charge in [-0.3, -0.25) is 4.74 Å². The second-order valence-electron chi connectivity index (χ2n) is 4.09. The van der Waals surface area contributed by atoms with Crippen molar-refractivity contribution < 1.29 is 27.4 Å². The monoisotopic (exact) mass is 280 g/mol. The van der Waals surface area contributed by atoms with Crippen LogP contribution in [0.3, 0.4) is 0 Å². The van der Waals surface area contributed by atoms with E-state index in [4.69, 9.17) is 5.73 Å². The summed E-state index contributed by atoms with van der Waals surface area (Å²) in [6.45, 7) is 2.45. The maximum Gasteiger partial charge on any atom is 0.522 e. The first-order valence-electron chi connectivity index (χ1n) is 5.56. The number of aromatic nitrogens is 1. The normalized spacial score (nSPS) is 11.9. The maximum absolute atomic E-state index is 11.7. The molecule has 5 nitrogen and oxygen atoms in total. The molecule has 0 radical (unpaired) electrons. The van der Waals surface area contributed by atoms with Gasteiger partial charge in [-0.25, -0.2) is 4.79 Å². The zero-order valence-electron chi connectivity index (χ0n) is 10.5.